The van der Waals surface area contributed by atoms with Crippen LogP contribution in [0.5, 0.6) is 0 Å². The zero-order valence-corrected chi connectivity index (χ0v) is 15.8. The molecular weight excluding hydrogens is 328 g/mol. The Morgan fingerprint density at radius 3 is 2.67 bits per heavy atom. The normalized spacial score (nSPS) is 24.2. The van der Waals surface area contributed by atoms with Gasteiger partial charge in [-0.05, 0) is 42.6 Å². The van der Waals surface area contributed by atoms with E-state index in [1.807, 2.05) is 11.7 Å². The lowest BCUT2D eigenvalue weighted by Gasteiger charge is -2.46. The average Bonchev–Trinajstić information content (AvgIpc) is 2.64. The molecule has 1 saturated heterocycles. The molecule has 0 saturated carbocycles. The lowest BCUT2D eigenvalue weighted by molar-refractivity contribution is 0.0550. The molecule has 0 radical (unpaired) electrons. The highest BCUT2D eigenvalue weighted by Crippen LogP contribution is 2.27. The number of piperazine rings is 1. The summed E-state index contributed by atoms with van der Waals surface area (Å²) in [6.07, 6.45) is 1.22. The minimum Gasteiger partial charge on any atom is -0.309 e. The van der Waals surface area contributed by atoms with E-state index in [0.29, 0.717) is 12.0 Å². The Morgan fingerprint density at radius 2 is 2.14 bits per heavy atom. The molecule has 0 spiro atoms. The van der Waals surface area contributed by atoms with Crippen LogP contribution in [0.4, 0.5) is 0 Å². The largest absolute Gasteiger partial charge is 0.309 e. The molecule has 2 atom stereocenters. The van der Waals surface area contributed by atoms with Gasteiger partial charge in [0.05, 0.1) is 15.9 Å². The maximum Gasteiger partial charge on any atom is 0.0739 e. The topological polar surface area (TPSA) is 33.1 Å². The second kappa shape index (κ2) is 6.39. The van der Waals surface area contributed by atoms with Crippen molar-refractivity contribution < 1.29 is 0 Å². The van der Waals surface area contributed by atoms with E-state index in [1.54, 1.807) is 0 Å². The van der Waals surface area contributed by atoms with Gasteiger partial charge >= 0.3 is 0 Å². The van der Waals surface area contributed by atoms with Gasteiger partial charge < -0.3 is 5.32 Å². The van der Waals surface area contributed by atoms with Crippen molar-refractivity contribution in [2.24, 2.45) is 13.0 Å². The van der Waals surface area contributed by atoms with Crippen molar-refractivity contribution in [3.05, 3.63) is 15.9 Å². The van der Waals surface area contributed by atoms with Gasteiger partial charge in [-0.25, -0.2) is 0 Å². The monoisotopic (exact) mass is 356 g/mol. The van der Waals surface area contributed by atoms with Crippen molar-refractivity contribution in [2.45, 2.75) is 59.2 Å². The highest BCUT2D eigenvalue weighted by Gasteiger charge is 2.35. The van der Waals surface area contributed by atoms with E-state index >= 15 is 0 Å². The molecule has 1 N–H and O–H groups in total. The first-order valence-electron chi connectivity index (χ1n) is 7.92. The molecule has 0 aromatic carbocycles. The van der Waals surface area contributed by atoms with Gasteiger partial charge in [0.25, 0.3) is 0 Å². The first-order chi connectivity index (χ1) is 9.75. The summed E-state index contributed by atoms with van der Waals surface area (Å²) in [6, 6.07) is 0.588. The van der Waals surface area contributed by atoms with E-state index < -0.39 is 0 Å². The first kappa shape index (κ1) is 17.0. The van der Waals surface area contributed by atoms with E-state index in [9.17, 15) is 0 Å². The van der Waals surface area contributed by atoms with Gasteiger partial charge in [0.15, 0.2) is 0 Å². The Morgan fingerprint density at radius 1 is 1.48 bits per heavy atom. The van der Waals surface area contributed by atoms with Crippen molar-refractivity contribution in [3.63, 3.8) is 0 Å². The SMILES string of the molecule is CCC(C)C1CNC(C)(C)CN1Cc1c(Br)c(C)nn1C. The zero-order valence-electron chi connectivity index (χ0n) is 14.2. The van der Waals surface area contributed by atoms with Crippen LogP contribution in [-0.2, 0) is 13.6 Å². The van der Waals surface area contributed by atoms with Crippen LogP contribution >= 0.6 is 15.9 Å². The molecule has 1 fully saturated rings. The Hall–Kier alpha value is -0.390. The second-order valence-corrected chi connectivity index (χ2v) is 7.89. The highest BCUT2D eigenvalue weighted by molar-refractivity contribution is 9.10. The molecule has 1 aliphatic rings. The third-order valence-corrected chi connectivity index (χ3v) is 5.80. The van der Waals surface area contributed by atoms with E-state index in [0.717, 1.165) is 29.8 Å². The third-order valence-electron chi connectivity index (χ3n) is 4.77. The highest BCUT2D eigenvalue weighted by atomic mass is 79.9. The molecule has 0 aliphatic carbocycles. The summed E-state index contributed by atoms with van der Waals surface area (Å²) in [5, 5.41) is 8.23. The van der Waals surface area contributed by atoms with Crippen molar-refractivity contribution in [2.75, 3.05) is 13.1 Å². The van der Waals surface area contributed by atoms with E-state index in [4.69, 9.17) is 0 Å². The van der Waals surface area contributed by atoms with Gasteiger partial charge in [-0.3, -0.25) is 9.58 Å². The van der Waals surface area contributed by atoms with Crippen molar-refractivity contribution >= 4 is 15.9 Å². The molecule has 0 amide bonds. The summed E-state index contributed by atoms with van der Waals surface area (Å²) in [5.74, 6) is 0.696. The van der Waals surface area contributed by atoms with Crippen molar-refractivity contribution in [1.29, 1.82) is 0 Å². The van der Waals surface area contributed by atoms with Crippen LogP contribution < -0.4 is 5.32 Å². The number of rotatable bonds is 4. The number of aromatic nitrogens is 2. The van der Waals surface area contributed by atoms with Crippen LogP contribution in [0.15, 0.2) is 4.47 Å². The lowest BCUT2D eigenvalue weighted by atomic mass is 9.90. The van der Waals surface area contributed by atoms with Crippen LogP contribution in [0.25, 0.3) is 0 Å². The molecule has 21 heavy (non-hydrogen) atoms. The van der Waals surface area contributed by atoms with Gasteiger partial charge in [0.2, 0.25) is 0 Å². The summed E-state index contributed by atoms with van der Waals surface area (Å²) < 4.78 is 3.17. The number of hydrogen-bond acceptors (Lipinski definition) is 3. The van der Waals surface area contributed by atoms with Crippen molar-refractivity contribution in [1.82, 2.24) is 20.0 Å². The second-order valence-electron chi connectivity index (χ2n) is 7.09. The van der Waals surface area contributed by atoms with Crippen LogP contribution in [-0.4, -0.2) is 39.4 Å². The van der Waals surface area contributed by atoms with E-state index in [2.05, 4.69) is 65.9 Å². The molecular formula is C16H29BrN4. The predicted octanol–water partition coefficient (Wildman–Crippen LogP) is 3.09. The molecule has 1 aromatic heterocycles. The molecule has 120 valence electrons. The number of nitrogens with zero attached hydrogens (tertiary/aromatic N) is 3. The minimum absolute atomic E-state index is 0.171. The summed E-state index contributed by atoms with van der Waals surface area (Å²) in [4.78, 5) is 2.63. The zero-order chi connectivity index (χ0) is 15.8. The third kappa shape index (κ3) is 3.69. The summed E-state index contributed by atoms with van der Waals surface area (Å²) >= 11 is 3.70. The van der Waals surface area contributed by atoms with Gasteiger partial charge in [0, 0.05) is 38.3 Å². The van der Waals surface area contributed by atoms with E-state index in [-0.39, 0.29) is 5.54 Å². The Labute approximate surface area is 137 Å². The smallest absolute Gasteiger partial charge is 0.0739 e. The fraction of sp³-hybridized carbons (Fsp3) is 0.812. The summed E-state index contributed by atoms with van der Waals surface area (Å²) in [5.41, 5.74) is 2.52. The Balaban J connectivity index is 2.23. The molecule has 2 unspecified atom stereocenters. The Bertz CT molecular complexity index is 495. The van der Waals surface area contributed by atoms with Gasteiger partial charge in [-0.1, -0.05) is 20.3 Å². The number of nitrogens with one attached hydrogen (secondary N) is 1. The van der Waals surface area contributed by atoms with Crippen LogP contribution in [0.3, 0.4) is 0 Å². The van der Waals surface area contributed by atoms with Gasteiger partial charge in [-0.15, -0.1) is 0 Å². The quantitative estimate of drug-likeness (QED) is 0.899. The van der Waals surface area contributed by atoms with E-state index in [1.165, 1.54) is 12.1 Å². The maximum absolute atomic E-state index is 4.53. The predicted molar refractivity (Wildman–Crippen MR) is 91.4 cm³/mol. The molecule has 2 heterocycles. The fourth-order valence-corrected chi connectivity index (χ4v) is 3.70. The number of aryl methyl sites for hydroxylation is 2. The number of halogens is 1. The van der Waals surface area contributed by atoms with Crippen LogP contribution in [0.1, 0.15) is 45.5 Å². The van der Waals surface area contributed by atoms with Gasteiger partial charge in [0.1, 0.15) is 0 Å². The summed E-state index contributed by atoms with van der Waals surface area (Å²) in [7, 11) is 2.04. The molecule has 1 aromatic rings. The maximum atomic E-state index is 4.53. The van der Waals surface area contributed by atoms with Crippen LogP contribution in [0.2, 0.25) is 0 Å². The molecule has 1 aliphatic heterocycles. The molecule has 5 heteroatoms. The molecule has 0 bridgehead atoms. The van der Waals surface area contributed by atoms with Crippen LogP contribution in [0, 0.1) is 12.8 Å². The standard InChI is InChI=1S/C16H29BrN4/c1-7-11(2)13-8-18-16(4,5)10-21(13)9-14-15(17)12(3)19-20(14)6/h11,13,18H,7-10H2,1-6H3. The summed E-state index contributed by atoms with van der Waals surface area (Å²) in [6.45, 7) is 14.4. The average molecular weight is 357 g/mol. The number of hydrogen-bond donors (Lipinski definition) is 1. The molecule has 2 rings (SSSR count). The minimum atomic E-state index is 0.171. The first-order valence-corrected chi connectivity index (χ1v) is 8.71. The lowest BCUT2D eigenvalue weighted by Crippen LogP contribution is -2.62. The Kier molecular flexibility index (Phi) is 5.16. The molecule has 4 nitrogen and oxygen atoms in total. The fourth-order valence-electron chi connectivity index (χ4n) is 3.24. The van der Waals surface area contributed by atoms with Gasteiger partial charge in [-0.2, -0.15) is 5.10 Å². The van der Waals surface area contributed by atoms with Crippen molar-refractivity contribution in [3.8, 4) is 0 Å².